The summed E-state index contributed by atoms with van der Waals surface area (Å²) in [7, 11) is -3.77. The lowest BCUT2D eigenvalue weighted by Gasteiger charge is -2.37. The van der Waals surface area contributed by atoms with Crippen molar-refractivity contribution < 1.29 is 8.42 Å². The number of hydrogen-bond donors (Lipinski definition) is 1. The second-order valence-electron chi connectivity index (χ2n) is 8.73. The van der Waals surface area contributed by atoms with Gasteiger partial charge in [-0.1, -0.05) is 116 Å². The Morgan fingerprint density at radius 2 is 1.23 bits per heavy atom. The molecule has 0 spiro atoms. The number of rotatable bonds is 10. The third-order valence-corrected chi connectivity index (χ3v) is 7.71. The topological polar surface area (TPSA) is 49.4 Å². The number of nitrogens with zero attached hydrogens (tertiary/aromatic N) is 1. The average Bonchev–Trinajstić information content (AvgIpc) is 2.89. The smallest absolute Gasteiger partial charge is 0.241 e. The Bertz CT molecular complexity index is 1290. The highest BCUT2D eigenvalue weighted by Crippen LogP contribution is 2.36. The third kappa shape index (κ3) is 6.25. The molecule has 0 amide bonds. The van der Waals surface area contributed by atoms with Crippen LogP contribution in [0.3, 0.4) is 0 Å². The minimum absolute atomic E-state index is 0.218. The molecule has 0 unspecified atom stereocenters. The van der Waals surface area contributed by atoms with Crippen LogP contribution in [0.15, 0.2) is 120 Å². The lowest BCUT2D eigenvalue weighted by Crippen LogP contribution is -2.40. The van der Waals surface area contributed by atoms with Crippen molar-refractivity contribution in [3.63, 3.8) is 0 Å². The van der Waals surface area contributed by atoms with Gasteiger partial charge in [0.15, 0.2) is 0 Å². The van der Waals surface area contributed by atoms with Crippen LogP contribution in [-0.4, -0.2) is 19.9 Å². The Morgan fingerprint density at radius 3 is 1.77 bits per heavy atom. The van der Waals surface area contributed by atoms with Gasteiger partial charge in [-0.25, -0.2) is 13.1 Å². The van der Waals surface area contributed by atoms with Gasteiger partial charge in [-0.2, -0.15) is 0 Å². The van der Waals surface area contributed by atoms with Crippen LogP contribution in [0.25, 0.3) is 0 Å². The van der Waals surface area contributed by atoms with Gasteiger partial charge in [-0.3, -0.25) is 4.90 Å². The Morgan fingerprint density at radius 1 is 0.714 bits per heavy atom. The predicted octanol–water partition coefficient (Wildman–Crippen LogP) is 6.28. The molecule has 2 atom stereocenters. The van der Waals surface area contributed by atoms with Crippen LogP contribution in [0.1, 0.15) is 41.3 Å². The number of sulfonamides is 1. The highest BCUT2D eigenvalue weighted by Gasteiger charge is 2.33. The Balaban J connectivity index is 1.81. The first-order chi connectivity index (χ1) is 17.0. The maximum Gasteiger partial charge on any atom is 0.241 e. The van der Waals surface area contributed by atoms with E-state index in [2.05, 4.69) is 40.8 Å². The molecule has 0 saturated heterocycles. The Kier molecular flexibility index (Phi) is 8.13. The molecule has 35 heavy (non-hydrogen) atoms. The van der Waals surface area contributed by atoms with Crippen molar-refractivity contribution >= 4 is 10.0 Å². The van der Waals surface area contributed by atoms with Crippen molar-refractivity contribution in [2.45, 2.75) is 37.4 Å². The van der Waals surface area contributed by atoms with Crippen LogP contribution in [0, 0.1) is 6.92 Å². The molecule has 0 aromatic heterocycles. The third-order valence-electron chi connectivity index (χ3n) is 6.26. The molecule has 4 aromatic carbocycles. The van der Waals surface area contributed by atoms with E-state index < -0.39 is 16.1 Å². The van der Waals surface area contributed by atoms with Crippen molar-refractivity contribution in [1.29, 1.82) is 0 Å². The number of likely N-dealkylation sites (N-methyl/N-ethyl adjacent to an activating group) is 1. The number of hydrogen-bond acceptors (Lipinski definition) is 3. The zero-order chi connectivity index (χ0) is 24.7. The quantitative estimate of drug-likeness (QED) is 0.288. The molecule has 4 nitrogen and oxygen atoms in total. The van der Waals surface area contributed by atoms with Gasteiger partial charge >= 0.3 is 0 Å². The monoisotopic (exact) mass is 484 g/mol. The molecular weight excluding hydrogens is 452 g/mol. The minimum Gasteiger partial charge on any atom is -0.290 e. The Labute approximate surface area is 209 Å². The van der Waals surface area contributed by atoms with E-state index in [1.54, 1.807) is 12.1 Å². The van der Waals surface area contributed by atoms with Gasteiger partial charge < -0.3 is 0 Å². The molecule has 0 aliphatic rings. The molecule has 0 fully saturated rings. The standard InChI is InChI=1S/C30H32N2O2S/c1-3-32(23-25-13-7-4-8-14-25)30(27-17-11-6-12-18-27)29(26-15-9-5-10-16-26)31-35(33,34)28-21-19-24(2)20-22-28/h4-22,29-31H,3,23H2,1-2H3/t29-,30-/m1/s1. The van der Waals surface area contributed by atoms with Crippen LogP contribution in [0.5, 0.6) is 0 Å². The second kappa shape index (κ2) is 11.5. The van der Waals surface area contributed by atoms with Crippen LogP contribution in [-0.2, 0) is 16.6 Å². The highest BCUT2D eigenvalue weighted by molar-refractivity contribution is 7.89. The van der Waals surface area contributed by atoms with E-state index >= 15 is 0 Å². The fourth-order valence-corrected chi connectivity index (χ4v) is 5.65. The second-order valence-corrected chi connectivity index (χ2v) is 10.4. The summed E-state index contributed by atoms with van der Waals surface area (Å²) in [6.07, 6.45) is 0. The van der Waals surface area contributed by atoms with E-state index in [0.717, 1.165) is 23.2 Å². The van der Waals surface area contributed by atoms with Crippen molar-refractivity contribution in [2.75, 3.05) is 6.54 Å². The summed E-state index contributed by atoms with van der Waals surface area (Å²) in [5.74, 6) is 0. The zero-order valence-corrected chi connectivity index (χ0v) is 21.0. The summed E-state index contributed by atoms with van der Waals surface area (Å²) in [5, 5.41) is 0. The summed E-state index contributed by atoms with van der Waals surface area (Å²) in [5.41, 5.74) is 4.18. The molecule has 0 heterocycles. The van der Waals surface area contributed by atoms with Crippen LogP contribution < -0.4 is 4.72 Å². The first-order valence-corrected chi connectivity index (χ1v) is 13.4. The predicted molar refractivity (Wildman–Crippen MR) is 142 cm³/mol. The molecule has 0 bridgehead atoms. The molecule has 0 radical (unpaired) electrons. The number of nitrogens with one attached hydrogen (secondary N) is 1. The van der Waals surface area contributed by atoms with Crippen molar-refractivity contribution in [3.8, 4) is 0 Å². The first kappa shape index (κ1) is 24.9. The molecule has 4 aromatic rings. The molecule has 180 valence electrons. The van der Waals surface area contributed by atoms with E-state index in [1.165, 1.54) is 5.56 Å². The van der Waals surface area contributed by atoms with Gasteiger partial charge in [0.1, 0.15) is 0 Å². The zero-order valence-electron chi connectivity index (χ0n) is 20.2. The summed E-state index contributed by atoms with van der Waals surface area (Å²) in [4.78, 5) is 2.60. The van der Waals surface area contributed by atoms with E-state index in [-0.39, 0.29) is 10.9 Å². The molecule has 4 rings (SSSR count). The van der Waals surface area contributed by atoms with Gasteiger partial charge in [-0.05, 0) is 42.3 Å². The highest BCUT2D eigenvalue weighted by atomic mass is 32.2. The minimum atomic E-state index is -3.77. The lowest BCUT2D eigenvalue weighted by molar-refractivity contribution is 0.165. The fraction of sp³-hybridized carbons (Fsp3) is 0.200. The molecule has 1 N–H and O–H groups in total. The molecular formula is C30H32N2O2S. The Hall–Kier alpha value is -3.25. The van der Waals surface area contributed by atoms with Crippen molar-refractivity contribution in [2.24, 2.45) is 0 Å². The van der Waals surface area contributed by atoms with Gasteiger partial charge in [0.05, 0.1) is 17.0 Å². The fourth-order valence-electron chi connectivity index (χ4n) is 4.42. The molecule has 0 saturated carbocycles. The average molecular weight is 485 g/mol. The largest absolute Gasteiger partial charge is 0.290 e. The summed E-state index contributed by atoms with van der Waals surface area (Å²) in [6, 6.07) is 36.6. The van der Waals surface area contributed by atoms with Gasteiger partial charge in [0, 0.05) is 6.54 Å². The number of aryl methyl sites for hydroxylation is 1. The summed E-state index contributed by atoms with van der Waals surface area (Å²) >= 11 is 0. The van der Waals surface area contributed by atoms with Crippen LogP contribution >= 0.6 is 0 Å². The van der Waals surface area contributed by atoms with E-state index in [9.17, 15) is 8.42 Å². The van der Waals surface area contributed by atoms with E-state index in [4.69, 9.17) is 0 Å². The van der Waals surface area contributed by atoms with E-state index in [0.29, 0.717) is 6.54 Å². The maximum atomic E-state index is 13.6. The lowest BCUT2D eigenvalue weighted by atomic mass is 9.92. The van der Waals surface area contributed by atoms with Gasteiger partial charge in [0.25, 0.3) is 0 Å². The molecule has 0 aliphatic heterocycles. The maximum absolute atomic E-state index is 13.6. The van der Waals surface area contributed by atoms with E-state index in [1.807, 2.05) is 85.8 Å². The normalized spacial score (nSPS) is 13.5. The van der Waals surface area contributed by atoms with Crippen LogP contribution in [0.2, 0.25) is 0 Å². The van der Waals surface area contributed by atoms with Crippen LogP contribution in [0.4, 0.5) is 0 Å². The van der Waals surface area contributed by atoms with Crippen molar-refractivity contribution in [1.82, 2.24) is 9.62 Å². The summed E-state index contributed by atoms with van der Waals surface area (Å²) < 4.78 is 30.3. The molecule has 5 heteroatoms. The first-order valence-electron chi connectivity index (χ1n) is 11.9. The SMILES string of the molecule is CCN(Cc1ccccc1)[C@H](c1ccccc1)[C@H](NS(=O)(=O)c1ccc(C)cc1)c1ccccc1. The summed E-state index contributed by atoms with van der Waals surface area (Å²) in [6.45, 7) is 5.52. The van der Waals surface area contributed by atoms with Gasteiger partial charge in [-0.15, -0.1) is 0 Å². The van der Waals surface area contributed by atoms with Crippen molar-refractivity contribution in [3.05, 3.63) is 138 Å². The van der Waals surface area contributed by atoms with Gasteiger partial charge in [0.2, 0.25) is 10.0 Å². The molecule has 0 aliphatic carbocycles. The number of benzene rings is 4.